The summed E-state index contributed by atoms with van der Waals surface area (Å²) in [6, 6.07) is 14.2. The van der Waals surface area contributed by atoms with E-state index in [1.54, 1.807) is 7.11 Å². The minimum atomic E-state index is 0.605. The molecular weight excluding hydrogens is 414 g/mol. The fourth-order valence-electron chi connectivity index (χ4n) is 4.61. The highest BCUT2D eigenvalue weighted by Gasteiger charge is 2.21. The lowest BCUT2D eigenvalue weighted by Crippen LogP contribution is -2.03. The molecule has 0 unspecified atom stereocenters. The predicted octanol–water partition coefficient (Wildman–Crippen LogP) is 5.98. The zero-order chi connectivity index (χ0) is 23.1. The minimum Gasteiger partial charge on any atom is -0.494 e. The van der Waals surface area contributed by atoms with Gasteiger partial charge in [0.05, 0.1) is 25.1 Å². The Balaban J connectivity index is 1.67. The summed E-state index contributed by atoms with van der Waals surface area (Å²) < 4.78 is 13.6. The molecule has 0 aliphatic rings. The van der Waals surface area contributed by atoms with Gasteiger partial charge in [-0.3, -0.25) is 0 Å². The van der Waals surface area contributed by atoms with E-state index < -0.39 is 0 Å². The highest BCUT2D eigenvalue weighted by Crippen LogP contribution is 2.38. The monoisotopic (exact) mass is 441 g/mol. The van der Waals surface area contributed by atoms with E-state index in [2.05, 4.69) is 57.1 Å². The van der Waals surface area contributed by atoms with Gasteiger partial charge in [0, 0.05) is 51.0 Å². The number of aromatic amines is 1. The summed E-state index contributed by atoms with van der Waals surface area (Å²) in [5.74, 6) is 2.26. The third-order valence-electron chi connectivity index (χ3n) is 6.06. The molecule has 5 aromatic rings. The molecular formula is C26H27N5O2. The number of methoxy groups -OCH3 is 1. The smallest absolute Gasteiger partial charge is 0.162 e. The van der Waals surface area contributed by atoms with Gasteiger partial charge in [0.2, 0.25) is 0 Å². The first-order valence-corrected chi connectivity index (χ1v) is 11.0. The number of benzene rings is 2. The van der Waals surface area contributed by atoms with Crippen molar-refractivity contribution in [2.75, 3.05) is 19.0 Å². The lowest BCUT2D eigenvalue weighted by molar-refractivity contribution is 0.336. The molecule has 3 heterocycles. The first-order valence-electron chi connectivity index (χ1n) is 11.0. The van der Waals surface area contributed by atoms with Crippen molar-refractivity contribution < 1.29 is 9.47 Å². The Morgan fingerprint density at radius 2 is 1.79 bits per heavy atom. The molecule has 0 aliphatic carbocycles. The van der Waals surface area contributed by atoms with Crippen LogP contribution in [0, 0.1) is 20.8 Å². The largest absolute Gasteiger partial charge is 0.494 e. The number of H-pyrrole nitrogens is 1. The van der Waals surface area contributed by atoms with Crippen molar-refractivity contribution in [1.29, 1.82) is 0 Å². The van der Waals surface area contributed by atoms with E-state index in [0.29, 0.717) is 6.61 Å². The van der Waals surface area contributed by atoms with E-state index in [4.69, 9.17) is 9.47 Å². The van der Waals surface area contributed by atoms with Gasteiger partial charge in [-0.15, -0.1) is 5.10 Å². The summed E-state index contributed by atoms with van der Waals surface area (Å²) >= 11 is 0. The predicted molar refractivity (Wildman–Crippen MR) is 132 cm³/mol. The number of anilines is 2. The minimum absolute atomic E-state index is 0.605. The van der Waals surface area contributed by atoms with Crippen LogP contribution in [0.1, 0.15) is 24.0 Å². The van der Waals surface area contributed by atoms with Crippen molar-refractivity contribution in [3.05, 3.63) is 65.7 Å². The van der Waals surface area contributed by atoms with Crippen molar-refractivity contribution in [1.82, 2.24) is 19.7 Å². The molecule has 5 rings (SSSR count). The second-order valence-electron chi connectivity index (χ2n) is 8.06. The van der Waals surface area contributed by atoms with Crippen LogP contribution in [0.2, 0.25) is 0 Å². The molecule has 168 valence electrons. The van der Waals surface area contributed by atoms with Gasteiger partial charge in [0.25, 0.3) is 0 Å². The second-order valence-corrected chi connectivity index (χ2v) is 8.06. The first kappa shape index (κ1) is 20.9. The van der Waals surface area contributed by atoms with E-state index in [1.165, 1.54) is 0 Å². The van der Waals surface area contributed by atoms with Crippen LogP contribution in [0.4, 0.5) is 11.5 Å². The third kappa shape index (κ3) is 3.46. The number of hydrogen-bond donors (Lipinski definition) is 2. The Kier molecular flexibility index (Phi) is 5.17. The molecule has 2 aromatic carbocycles. The molecule has 7 nitrogen and oxygen atoms in total. The molecule has 0 fully saturated rings. The first-order chi connectivity index (χ1) is 16.0. The summed E-state index contributed by atoms with van der Waals surface area (Å²) in [5.41, 5.74) is 6.05. The van der Waals surface area contributed by atoms with Crippen LogP contribution in [0.5, 0.6) is 11.5 Å². The molecule has 0 atom stereocenters. The normalized spacial score (nSPS) is 11.3. The molecule has 7 heteroatoms. The molecule has 0 radical (unpaired) electrons. The Bertz CT molecular complexity index is 1480. The third-order valence-corrected chi connectivity index (χ3v) is 6.06. The van der Waals surface area contributed by atoms with Gasteiger partial charge in [0.1, 0.15) is 11.5 Å². The van der Waals surface area contributed by atoms with E-state index in [1.807, 2.05) is 44.3 Å². The molecule has 33 heavy (non-hydrogen) atoms. The highest BCUT2D eigenvalue weighted by molar-refractivity contribution is 6.00. The molecule has 0 saturated heterocycles. The van der Waals surface area contributed by atoms with E-state index in [0.717, 1.165) is 67.4 Å². The molecule has 2 N–H and O–H groups in total. The molecule has 0 saturated carbocycles. The Morgan fingerprint density at radius 1 is 0.970 bits per heavy atom. The lowest BCUT2D eigenvalue weighted by atomic mass is 10.1. The van der Waals surface area contributed by atoms with Crippen LogP contribution in [-0.4, -0.2) is 33.5 Å². The van der Waals surface area contributed by atoms with Gasteiger partial charge in [-0.05, 0) is 64.1 Å². The lowest BCUT2D eigenvalue weighted by Gasteiger charge is -2.15. The van der Waals surface area contributed by atoms with Crippen molar-refractivity contribution in [3.8, 4) is 17.2 Å². The zero-order valence-corrected chi connectivity index (χ0v) is 19.5. The van der Waals surface area contributed by atoms with Gasteiger partial charge in [0.15, 0.2) is 5.82 Å². The standard InChI is InChI=1S/C26H27N5O2/c1-6-33-20-8-10-22(23(14-20)32-5)31-16(3)24-15(2)29-30-26(25(24)17(31)4)28-19-7-9-21-18(13-19)11-12-27-21/h7-14,27H,6H2,1-5H3,(H,28,30). The van der Waals surface area contributed by atoms with E-state index in [-0.39, 0.29) is 0 Å². The van der Waals surface area contributed by atoms with Crippen LogP contribution < -0.4 is 14.8 Å². The maximum Gasteiger partial charge on any atom is 0.162 e. The fraction of sp³-hybridized carbons (Fsp3) is 0.231. The average Bonchev–Trinajstić information content (AvgIpc) is 3.38. The number of aryl methyl sites for hydroxylation is 3. The molecule has 0 amide bonds. The van der Waals surface area contributed by atoms with E-state index >= 15 is 0 Å². The van der Waals surface area contributed by atoms with Crippen molar-refractivity contribution >= 4 is 33.2 Å². The van der Waals surface area contributed by atoms with Crippen molar-refractivity contribution in [2.24, 2.45) is 0 Å². The number of nitrogens with zero attached hydrogens (tertiary/aromatic N) is 3. The van der Waals surface area contributed by atoms with Gasteiger partial charge in [-0.25, -0.2) is 0 Å². The summed E-state index contributed by atoms with van der Waals surface area (Å²) in [6.07, 6.45) is 1.94. The highest BCUT2D eigenvalue weighted by atomic mass is 16.5. The Hall–Kier alpha value is -4.00. The van der Waals surface area contributed by atoms with Crippen LogP contribution in [-0.2, 0) is 0 Å². The maximum atomic E-state index is 5.73. The molecule has 0 aliphatic heterocycles. The number of aromatic nitrogens is 4. The maximum absolute atomic E-state index is 5.73. The SMILES string of the molecule is CCOc1ccc(-n2c(C)c3c(C)nnc(Nc4ccc5[nH]ccc5c4)c3c2C)c(OC)c1. The van der Waals surface area contributed by atoms with Gasteiger partial charge >= 0.3 is 0 Å². The fourth-order valence-corrected chi connectivity index (χ4v) is 4.61. The topological polar surface area (TPSA) is 77.0 Å². The quantitative estimate of drug-likeness (QED) is 0.339. The van der Waals surface area contributed by atoms with E-state index in [9.17, 15) is 0 Å². The summed E-state index contributed by atoms with van der Waals surface area (Å²) in [4.78, 5) is 3.23. The van der Waals surface area contributed by atoms with Crippen molar-refractivity contribution in [2.45, 2.75) is 27.7 Å². The second kappa shape index (κ2) is 8.16. The van der Waals surface area contributed by atoms with Crippen LogP contribution in [0.25, 0.3) is 27.4 Å². The summed E-state index contributed by atoms with van der Waals surface area (Å²) in [6.45, 7) is 8.78. The number of ether oxygens (including phenoxy) is 2. The summed E-state index contributed by atoms with van der Waals surface area (Å²) in [5, 5.41) is 15.8. The molecule has 0 bridgehead atoms. The number of fused-ring (bicyclic) bond motifs is 2. The Labute approximate surface area is 192 Å². The number of nitrogens with one attached hydrogen (secondary N) is 2. The van der Waals surface area contributed by atoms with Gasteiger partial charge in [-0.2, -0.15) is 5.10 Å². The number of rotatable bonds is 6. The van der Waals surface area contributed by atoms with Crippen LogP contribution in [0.15, 0.2) is 48.7 Å². The van der Waals surface area contributed by atoms with Crippen LogP contribution >= 0.6 is 0 Å². The molecule has 3 aromatic heterocycles. The zero-order valence-electron chi connectivity index (χ0n) is 19.5. The number of hydrogen-bond acceptors (Lipinski definition) is 5. The summed E-state index contributed by atoms with van der Waals surface area (Å²) in [7, 11) is 1.68. The average molecular weight is 442 g/mol. The Morgan fingerprint density at radius 3 is 2.58 bits per heavy atom. The van der Waals surface area contributed by atoms with Crippen LogP contribution in [0.3, 0.4) is 0 Å². The molecule has 0 spiro atoms. The van der Waals surface area contributed by atoms with Crippen molar-refractivity contribution in [3.63, 3.8) is 0 Å². The van der Waals surface area contributed by atoms with Gasteiger partial charge < -0.3 is 24.3 Å². The van der Waals surface area contributed by atoms with Gasteiger partial charge in [-0.1, -0.05) is 0 Å².